The van der Waals surface area contributed by atoms with Gasteiger partial charge >= 0.3 is 0 Å². The van der Waals surface area contributed by atoms with Crippen LogP contribution in [0.3, 0.4) is 0 Å². The predicted molar refractivity (Wildman–Crippen MR) is 85.8 cm³/mol. The van der Waals surface area contributed by atoms with Crippen LogP contribution in [0, 0.1) is 6.92 Å². The number of aromatic nitrogens is 3. The van der Waals surface area contributed by atoms with E-state index in [9.17, 15) is 5.11 Å². The number of benzene rings is 1. The number of aliphatic hydroxyl groups excluding tert-OH is 1. The molecule has 1 unspecified atom stereocenters. The van der Waals surface area contributed by atoms with Crippen LogP contribution >= 0.6 is 11.6 Å². The normalized spacial score (nSPS) is 12.3. The molecule has 4 nitrogen and oxygen atoms in total. The van der Waals surface area contributed by atoms with Crippen LogP contribution in [0.15, 0.2) is 55.1 Å². The summed E-state index contributed by atoms with van der Waals surface area (Å²) in [6.07, 6.45) is 4.02. The van der Waals surface area contributed by atoms with Crippen molar-refractivity contribution in [2.75, 3.05) is 0 Å². The predicted octanol–water partition coefficient (Wildman–Crippen LogP) is 3.37. The summed E-state index contributed by atoms with van der Waals surface area (Å²) in [5, 5.41) is 10.8. The summed E-state index contributed by atoms with van der Waals surface area (Å²) in [6.45, 7) is 2.78. The van der Waals surface area contributed by atoms with Gasteiger partial charge in [-0.1, -0.05) is 41.9 Å². The van der Waals surface area contributed by atoms with Crippen molar-refractivity contribution in [3.8, 4) is 0 Å². The van der Waals surface area contributed by atoms with Crippen LogP contribution in [-0.4, -0.2) is 19.6 Å². The van der Waals surface area contributed by atoms with Gasteiger partial charge in [0.1, 0.15) is 17.6 Å². The van der Waals surface area contributed by atoms with Crippen LogP contribution in [0.1, 0.15) is 28.5 Å². The molecule has 0 aliphatic carbocycles. The number of aryl methyl sites for hydroxylation is 1. The van der Waals surface area contributed by atoms with Crippen LogP contribution in [0.4, 0.5) is 0 Å². The van der Waals surface area contributed by atoms with Crippen molar-refractivity contribution in [1.82, 2.24) is 14.5 Å². The first-order valence-electron chi connectivity index (χ1n) is 6.99. The van der Waals surface area contributed by atoms with E-state index in [1.807, 2.05) is 37.4 Å². The molecule has 2 aromatic heterocycles. The summed E-state index contributed by atoms with van der Waals surface area (Å²) in [6, 6.07) is 12.2. The number of nitrogens with zero attached hydrogens (tertiary/aromatic N) is 3. The second-order valence-electron chi connectivity index (χ2n) is 5.20. The highest BCUT2D eigenvalue weighted by molar-refractivity contribution is 6.30. The Morgan fingerprint density at radius 2 is 2.05 bits per heavy atom. The van der Waals surface area contributed by atoms with Crippen molar-refractivity contribution in [3.05, 3.63) is 82.7 Å². The molecule has 0 spiro atoms. The molecule has 1 aromatic carbocycles. The summed E-state index contributed by atoms with van der Waals surface area (Å²) in [5.41, 5.74) is 3.58. The Bertz CT molecular complexity index is 771. The fraction of sp³-hybridized carbons (Fsp3) is 0.176. The lowest BCUT2D eigenvalue weighted by molar-refractivity contribution is 0.219. The topological polar surface area (TPSA) is 50.9 Å². The molecule has 5 heteroatoms. The maximum absolute atomic E-state index is 10.5. The second kappa shape index (κ2) is 6.30. The van der Waals surface area contributed by atoms with Crippen molar-refractivity contribution >= 4 is 11.6 Å². The molecular weight excluding hydrogens is 298 g/mol. The lowest BCUT2D eigenvalue weighted by atomic mass is 10.1. The van der Waals surface area contributed by atoms with E-state index in [0.29, 0.717) is 5.56 Å². The maximum Gasteiger partial charge on any atom is 0.138 e. The highest BCUT2D eigenvalue weighted by Crippen LogP contribution is 2.27. The Morgan fingerprint density at radius 3 is 2.77 bits per heavy atom. The molecule has 0 saturated heterocycles. The van der Waals surface area contributed by atoms with Crippen molar-refractivity contribution in [3.63, 3.8) is 0 Å². The van der Waals surface area contributed by atoms with Gasteiger partial charge in [-0.15, -0.1) is 0 Å². The van der Waals surface area contributed by atoms with Crippen LogP contribution < -0.4 is 0 Å². The summed E-state index contributed by atoms with van der Waals surface area (Å²) in [5.74, 6) is 0. The van der Waals surface area contributed by atoms with Crippen molar-refractivity contribution < 1.29 is 5.11 Å². The van der Waals surface area contributed by atoms with Crippen LogP contribution in [0.25, 0.3) is 0 Å². The van der Waals surface area contributed by atoms with Crippen molar-refractivity contribution in [2.24, 2.45) is 0 Å². The van der Waals surface area contributed by atoms with Gasteiger partial charge in [0.15, 0.2) is 0 Å². The molecule has 0 fully saturated rings. The van der Waals surface area contributed by atoms with E-state index in [0.717, 1.165) is 17.8 Å². The zero-order valence-corrected chi connectivity index (χ0v) is 12.9. The van der Waals surface area contributed by atoms with Gasteiger partial charge in [-0.05, 0) is 18.6 Å². The SMILES string of the molecule is Cc1cc(C(O)c2cncnc2Cl)cn1Cc1ccccc1. The Kier molecular flexibility index (Phi) is 4.22. The van der Waals surface area contributed by atoms with Gasteiger partial charge in [0, 0.05) is 35.8 Å². The maximum atomic E-state index is 10.5. The Hall–Kier alpha value is -2.17. The Balaban J connectivity index is 1.87. The van der Waals surface area contributed by atoms with E-state index >= 15 is 0 Å². The lowest BCUT2D eigenvalue weighted by Gasteiger charge is -2.09. The molecule has 3 rings (SSSR count). The molecule has 0 amide bonds. The van der Waals surface area contributed by atoms with Gasteiger partial charge in [-0.25, -0.2) is 9.97 Å². The first-order valence-corrected chi connectivity index (χ1v) is 7.37. The average molecular weight is 314 g/mol. The molecule has 3 aromatic rings. The summed E-state index contributed by atoms with van der Waals surface area (Å²) < 4.78 is 2.10. The standard InChI is InChI=1S/C17H16ClN3O/c1-12-7-14(16(22)15-8-19-11-20-17(15)18)10-21(12)9-13-5-3-2-4-6-13/h2-8,10-11,16,22H,9H2,1H3. The lowest BCUT2D eigenvalue weighted by Crippen LogP contribution is -2.02. The van der Waals surface area contributed by atoms with Gasteiger partial charge in [-0.2, -0.15) is 0 Å². The van der Waals surface area contributed by atoms with Crippen LogP contribution in [0.2, 0.25) is 5.15 Å². The Morgan fingerprint density at radius 1 is 1.27 bits per heavy atom. The third kappa shape index (κ3) is 3.03. The molecule has 2 heterocycles. The van der Waals surface area contributed by atoms with Crippen molar-refractivity contribution in [1.29, 1.82) is 0 Å². The molecule has 0 saturated carbocycles. The fourth-order valence-electron chi connectivity index (χ4n) is 2.43. The van der Waals surface area contributed by atoms with Gasteiger partial charge in [0.05, 0.1) is 0 Å². The van der Waals surface area contributed by atoms with E-state index < -0.39 is 6.10 Å². The van der Waals surface area contributed by atoms with Crippen LogP contribution in [0.5, 0.6) is 0 Å². The molecule has 1 N–H and O–H groups in total. The first kappa shape index (κ1) is 14.8. The average Bonchev–Trinajstić information content (AvgIpc) is 2.89. The minimum Gasteiger partial charge on any atom is -0.383 e. The van der Waals surface area contributed by atoms with E-state index in [1.165, 1.54) is 11.9 Å². The molecule has 1 atom stereocenters. The third-order valence-electron chi connectivity index (χ3n) is 3.63. The van der Waals surface area contributed by atoms with Gasteiger partial charge in [-0.3, -0.25) is 0 Å². The zero-order chi connectivity index (χ0) is 15.5. The van der Waals surface area contributed by atoms with Crippen molar-refractivity contribution in [2.45, 2.75) is 19.6 Å². The number of hydrogen-bond acceptors (Lipinski definition) is 3. The largest absolute Gasteiger partial charge is 0.383 e. The molecule has 0 aliphatic rings. The van der Waals surface area contributed by atoms with E-state index in [2.05, 4.69) is 26.7 Å². The summed E-state index contributed by atoms with van der Waals surface area (Å²) in [7, 11) is 0. The molecule has 112 valence electrons. The Labute approximate surface area is 134 Å². The first-order chi connectivity index (χ1) is 10.6. The molecular formula is C17H16ClN3O. The quantitative estimate of drug-likeness (QED) is 0.751. The van der Waals surface area contributed by atoms with E-state index in [4.69, 9.17) is 11.6 Å². The van der Waals surface area contributed by atoms with Gasteiger partial charge in [0.2, 0.25) is 0 Å². The van der Waals surface area contributed by atoms with E-state index in [-0.39, 0.29) is 5.15 Å². The van der Waals surface area contributed by atoms with E-state index in [1.54, 1.807) is 6.20 Å². The number of halogens is 1. The zero-order valence-electron chi connectivity index (χ0n) is 12.1. The summed E-state index contributed by atoms with van der Waals surface area (Å²) in [4.78, 5) is 7.84. The number of aliphatic hydroxyl groups is 1. The third-order valence-corrected chi connectivity index (χ3v) is 3.94. The highest BCUT2D eigenvalue weighted by Gasteiger charge is 2.17. The monoisotopic (exact) mass is 313 g/mol. The number of rotatable bonds is 4. The van der Waals surface area contributed by atoms with Crippen LogP contribution in [-0.2, 0) is 6.54 Å². The molecule has 0 bridgehead atoms. The fourth-order valence-corrected chi connectivity index (χ4v) is 2.63. The number of hydrogen-bond donors (Lipinski definition) is 1. The second-order valence-corrected chi connectivity index (χ2v) is 5.56. The van der Waals surface area contributed by atoms with Gasteiger partial charge < -0.3 is 9.67 Å². The highest BCUT2D eigenvalue weighted by atomic mass is 35.5. The summed E-state index contributed by atoms with van der Waals surface area (Å²) >= 11 is 6.03. The molecule has 0 radical (unpaired) electrons. The molecule has 22 heavy (non-hydrogen) atoms. The smallest absolute Gasteiger partial charge is 0.138 e. The minimum atomic E-state index is -0.829. The molecule has 0 aliphatic heterocycles. The minimum absolute atomic E-state index is 0.274. The van der Waals surface area contributed by atoms with Gasteiger partial charge in [0.25, 0.3) is 0 Å².